The van der Waals surface area contributed by atoms with E-state index < -0.39 is 12.0 Å². The van der Waals surface area contributed by atoms with Crippen molar-refractivity contribution < 1.29 is 9.90 Å². The number of hydrogen-bond donors (Lipinski definition) is 1. The number of halogens is 2. The summed E-state index contributed by atoms with van der Waals surface area (Å²) in [6, 6.07) is 5.51. The second kappa shape index (κ2) is 6.89. The molecule has 1 aliphatic rings. The van der Waals surface area contributed by atoms with Crippen LogP contribution in [0.5, 0.6) is 0 Å². The minimum atomic E-state index is -0.755. The van der Waals surface area contributed by atoms with Crippen molar-refractivity contribution in [3.05, 3.63) is 33.3 Å². The molecule has 1 heterocycles. The molecule has 1 saturated heterocycles. The van der Waals surface area contributed by atoms with Gasteiger partial charge in [-0.2, -0.15) is 0 Å². The third kappa shape index (κ3) is 3.95. The number of hydrogen-bond acceptors (Lipinski definition) is 3. The second-order valence-electron chi connectivity index (χ2n) is 5.06. The number of carboxylic acid groups (broad SMARTS) is 1. The van der Waals surface area contributed by atoms with E-state index in [4.69, 9.17) is 16.7 Å². The molecule has 2 rings (SSSR count). The quantitative estimate of drug-likeness (QED) is 0.895. The molecular weight excluding hydrogens is 344 g/mol. The first kappa shape index (κ1) is 15.8. The van der Waals surface area contributed by atoms with Crippen molar-refractivity contribution >= 4 is 33.5 Å². The Hall–Kier alpha value is -0.620. The van der Waals surface area contributed by atoms with E-state index in [9.17, 15) is 4.79 Å². The third-order valence-electron chi connectivity index (χ3n) is 3.72. The van der Waals surface area contributed by atoms with Crippen LogP contribution in [-0.2, 0) is 11.3 Å². The molecule has 0 saturated carbocycles. The molecular formula is C14H18BrClN2O2. The normalized spacial score (nSPS) is 18.9. The van der Waals surface area contributed by atoms with Gasteiger partial charge in [0.2, 0.25) is 0 Å². The number of carboxylic acids is 1. The predicted molar refractivity (Wildman–Crippen MR) is 83.1 cm³/mol. The molecule has 1 aromatic carbocycles. The van der Waals surface area contributed by atoms with Crippen LogP contribution in [-0.4, -0.2) is 53.1 Å². The Bertz CT molecular complexity index is 490. The molecule has 4 nitrogen and oxygen atoms in total. The first-order valence-electron chi connectivity index (χ1n) is 6.60. The van der Waals surface area contributed by atoms with Crippen LogP contribution in [0.3, 0.4) is 0 Å². The Morgan fingerprint density at radius 1 is 1.40 bits per heavy atom. The van der Waals surface area contributed by atoms with Crippen molar-refractivity contribution in [2.45, 2.75) is 19.5 Å². The van der Waals surface area contributed by atoms with E-state index in [0.717, 1.165) is 47.8 Å². The molecule has 1 aliphatic heterocycles. The smallest absolute Gasteiger partial charge is 0.320 e. The molecule has 1 atom stereocenters. The lowest BCUT2D eigenvalue weighted by Gasteiger charge is -2.36. The first-order chi connectivity index (χ1) is 9.47. The molecule has 0 radical (unpaired) electrons. The van der Waals surface area contributed by atoms with Gasteiger partial charge < -0.3 is 5.11 Å². The summed E-state index contributed by atoms with van der Waals surface area (Å²) in [5.74, 6) is -0.755. The van der Waals surface area contributed by atoms with Crippen molar-refractivity contribution in [2.75, 3.05) is 26.2 Å². The van der Waals surface area contributed by atoms with Gasteiger partial charge >= 0.3 is 5.97 Å². The number of carbonyl (C=O) groups is 1. The van der Waals surface area contributed by atoms with Gasteiger partial charge in [0.15, 0.2) is 0 Å². The molecule has 110 valence electrons. The highest BCUT2D eigenvalue weighted by molar-refractivity contribution is 9.10. The van der Waals surface area contributed by atoms with Crippen molar-refractivity contribution in [3.8, 4) is 0 Å². The molecule has 6 heteroatoms. The first-order valence-corrected chi connectivity index (χ1v) is 7.77. The highest BCUT2D eigenvalue weighted by Crippen LogP contribution is 2.23. The van der Waals surface area contributed by atoms with Crippen LogP contribution in [0.4, 0.5) is 0 Å². The van der Waals surface area contributed by atoms with Gasteiger partial charge in [-0.1, -0.05) is 33.6 Å². The second-order valence-corrected chi connectivity index (χ2v) is 6.38. The van der Waals surface area contributed by atoms with Crippen molar-refractivity contribution in [1.82, 2.24) is 9.80 Å². The maximum atomic E-state index is 11.0. The molecule has 0 aliphatic carbocycles. The minimum Gasteiger partial charge on any atom is -0.480 e. The molecule has 0 amide bonds. The predicted octanol–water partition coefficient (Wildman–Crippen LogP) is 2.69. The van der Waals surface area contributed by atoms with E-state index in [2.05, 4.69) is 20.8 Å². The lowest BCUT2D eigenvalue weighted by Crippen LogP contribution is -2.51. The molecule has 0 bridgehead atoms. The number of rotatable bonds is 4. The highest BCUT2D eigenvalue weighted by Gasteiger charge is 2.25. The summed E-state index contributed by atoms with van der Waals surface area (Å²) < 4.78 is 0.978. The van der Waals surface area contributed by atoms with Crippen LogP contribution >= 0.6 is 27.5 Å². The van der Waals surface area contributed by atoms with Gasteiger partial charge in [0.1, 0.15) is 6.04 Å². The monoisotopic (exact) mass is 360 g/mol. The Labute approximate surface area is 132 Å². The summed E-state index contributed by atoms with van der Waals surface area (Å²) in [5, 5.41) is 9.79. The van der Waals surface area contributed by atoms with Crippen LogP contribution in [0.25, 0.3) is 0 Å². The summed E-state index contributed by atoms with van der Waals surface area (Å²) in [4.78, 5) is 15.3. The van der Waals surface area contributed by atoms with Crippen LogP contribution in [0.15, 0.2) is 22.7 Å². The van der Waals surface area contributed by atoms with Gasteiger partial charge in [-0.05, 0) is 24.6 Å². The van der Waals surface area contributed by atoms with E-state index in [-0.39, 0.29) is 0 Å². The topological polar surface area (TPSA) is 43.8 Å². The number of benzene rings is 1. The standard InChI is InChI=1S/C14H18BrClN2O2/c1-10(14(19)20)18-6-4-17(5-7-18)9-11-2-3-12(15)8-13(11)16/h2-3,8,10H,4-7,9H2,1H3,(H,19,20). The Morgan fingerprint density at radius 2 is 2.05 bits per heavy atom. The average Bonchev–Trinajstić information content (AvgIpc) is 2.42. The van der Waals surface area contributed by atoms with Gasteiger partial charge in [0.05, 0.1) is 0 Å². The van der Waals surface area contributed by atoms with E-state index in [0.29, 0.717) is 0 Å². The summed E-state index contributed by atoms with van der Waals surface area (Å²) in [6.07, 6.45) is 0. The largest absolute Gasteiger partial charge is 0.480 e. The Kier molecular flexibility index (Phi) is 5.43. The van der Waals surface area contributed by atoms with Gasteiger partial charge in [-0.25, -0.2) is 0 Å². The maximum absolute atomic E-state index is 11.0. The highest BCUT2D eigenvalue weighted by atomic mass is 79.9. The fraction of sp³-hybridized carbons (Fsp3) is 0.500. The Balaban J connectivity index is 1.90. The Morgan fingerprint density at radius 3 is 2.60 bits per heavy atom. The summed E-state index contributed by atoms with van der Waals surface area (Å²) in [6.45, 7) is 5.84. The zero-order valence-corrected chi connectivity index (χ0v) is 13.7. The molecule has 1 aromatic rings. The van der Waals surface area contributed by atoms with E-state index in [1.165, 1.54) is 0 Å². The fourth-order valence-corrected chi connectivity index (χ4v) is 3.09. The molecule has 1 N–H and O–H groups in total. The van der Waals surface area contributed by atoms with Crippen molar-refractivity contribution in [3.63, 3.8) is 0 Å². The van der Waals surface area contributed by atoms with Gasteiger partial charge in [0, 0.05) is 42.2 Å². The maximum Gasteiger partial charge on any atom is 0.320 e. The van der Waals surface area contributed by atoms with Gasteiger partial charge in [-0.3, -0.25) is 14.6 Å². The molecule has 1 unspecified atom stereocenters. The van der Waals surface area contributed by atoms with Crippen LogP contribution < -0.4 is 0 Å². The molecule has 0 aromatic heterocycles. The van der Waals surface area contributed by atoms with Gasteiger partial charge in [0.25, 0.3) is 0 Å². The molecule has 20 heavy (non-hydrogen) atoms. The zero-order chi connectivity index (χ0) is 14.7. The summed E-state index contributed by atoms with van der Waals surface area (Å²) >= 11 is 9.62. The zero-order valence-electron chi connectivity index (χ0n) is 11.4. The van der Waals surface area contributed by atoms with Crippen LogP contribution in [0.2, 0.25) is 5.02 Å². The van der Waals surface area contributed by atoms with Crippen molar-refractivity contribution in [1.29, 1.82) is 0 Å². The average molecular weight is 362 g/mol. The minimum absolute atomic E-state index is 0.409. The third-order valence-corrected chi connectivity index (χ3v) is 4.57. The number of nitrogens with zero attached hydrogens (tertiary/aromatic N) is 2. The number of piperazine rings is 1. The summed E-state index contributed by atoms with van der Waals surface area (Å²) in [7, 11) is 0. The number of aliphatic carboxylic acids is 1. The van der Waals surface area contributed by atoms with E-state index >= 15 is 0 Å². The van der Waals surface area contributed by atoms with Crippen LogP contribution in [0.1, 0.15) is 12.5 Å². The SMILES string of the molecule is CC(C(=O)O)N1CCN(Cc2ccc(Br)cc2Cl)CC1. The lowest BCUT2D eigenvalue weighted by atomic mass is 10.2. The van der Waals surface area contributed by atoms with E-state index in [1.807, 2.05) is 23.1 Å². The van der Waals surface area contributed by atoms with Crippen LogP contribution in [0, 0.1) is 0 Å². The molecule has 1 fully saturated rings. The van der Waals surface area contributed by atoms with E-state index in [1.54, 1.807) is 6.92 Å². The van der Waals surface area contributed by atoms with Gasteiger partial charge in [-0.15, -0.1) is 0 Å². The lowest BCUT2D eigenvalue weighted by molar-refractivity contribution is -0.143. The fourth-order valence-electron chi connectivity index (χ4n) is 2.36. The summed E-state index contributed by atoms with van der Waals surface area (Å²) in [5.41, 5.74) is 1.11. The molecule has 0 spiro atoms. The van der Waals surface area contributed by atoms with Crippen molar-refractivity contribution in [2.24, 2.45) is 0 Å².